The van der Waals surface area contributed by atoms with Crippen molar-refractivity contribution in [1.82, 2.24) is 10.6 Å². The predicted molar refractivity (Wildman–Crippen MR) is 66.1 cm³/mol. The molecule has 1 aromatic rings. The van der Waals surface area contributed by atoms with Crippen LogP contribution in [0.25, 0.3) is 0 Å². The van der Waals surface area contributed by atoms with Gasteiger partial charge < -0.3 is 10.1 Å². The number of nitrogens with one attached hydrogen (secondary N) is 2. The summed E-state index contributed by atoms with van der Waals surface area (Å²) in [5.74, 6) is 0.793. The van der Waals surface area contributed by atoms with E-state index in [0.717, 1.165) is 16.9 Å². The van der Waals surface area contributed by atoms with Gasteiger partial charge in [0.05, 0.1) is 7.11 Å². The van der Waals surface area contributed by atoms with Gasteiger partial charge in [-0.05, 0) is 19.4 Å². The zero-order valence-electron chi connectivity index (χ0n) is 10.4. The second-order valence-electron chi connectivity index (χ2n) is 4.44. The number of ether oxygens (including phenoxy) is 1. The number of hydrogen-bond donors (Lipinski definition) is 2. The molecule has 4 heteroatoms. The number of para-hydroxylation sites is 1. The number of aryl methyl sites for hydroxylation is 1. The fourth-order valence-electron chi connectivity index (χ4n) is 2.19. The maximum Gasteiger partial charge on any atom is 0.241 e. The molecule has 0 spiro atoms. The molecule has 1 amide bonds. The number of amides is 1. The molecule has 0 aliphatic carbocycles. The van der Waals surface area contributed by atoms with Crippen molar-refractivity contribution < 1.29 is 9.53 Å². The quantitative estimate of drug-likeness (QED) is 0.807. The van der Waals surface area contributed by atoms with Gasteiger partial charge in [0.25, 0.3) is 0 Å². The van der Waals surface area contributed by atoms with E-state index in [1.54, 1.807) is 7.11 Å². The fraction of sp³-hybridized carbons (Fsp3) is 0.462. The van der Waals surface area contributed by atoms with Gasteiger partial charge in [-0.25, -0.2) is 0 Å². The third-order valence-corrected chi connectivity index (χ3v) is 3.05. The van der Waals surface area contributed by atoms with E-state index in [1.165, 1.54) is 0 Å². The van der Waals surface area contributed by atoms with Crippen LogP contribution in [0.3, 0.4) is 0 Å². The Kier molecular flexibility index (Phi) is 3.33. The topological polar surface area (TPSA) is 50.4 Å². The standard InChI is InChI=1S/C13H18N2O2/c1-8-5-4-6-10(12(8)17-3)11-13(16)14-7-9(2)15-11/h4-6,9,11,15H,7H2,1-3H3,(H,14,16). The lowest BCUT2D eigenvalue weighted by atomic mass is 9.99. The van der Waals surface area contributed by atoms with E-state index >= 15 is 0 Å². The molecule has 0 radical (unpaired) electrons. The minimum atomic E-state index is -0.325. The predicted octanol–water partition coefficient (Wildman–Crippen LogP) is 1.15. The van der Waals surface area contributed by atoms with E-state index in [9.17, 15) is 4.79 Å². The molecule has 0 aromatic heterocycles. The highest BCUT2D eigenvalue weighted by Crippen LogP contribution is 2.29. The van der Waals surface area contributed by atoms with E-state index in [-0.39, 0.29) is 18.0 Å². The molecule has 4 nitrogen and oxygen atoms in total. The van der Waals surface area contributed by atoms with E-state index in [0.29, 0.717) is 6.54 Å². The zero-order valence-corrected chi connectivity index (χ0v) is 10.4. The van der Waals surface area contributed by atoms with Gasteiger partial charge in [-0.2, -0.15) is 0 Å². The highest BCUT2D eigenvalue weighted by atomic mass is 16.5. The van der Waals surface area contributed by atoms with Crippen molar-refractivity contribution in [2.75, 3.05) is 13.7 Å². The molecule has 2 rings (SSSR count). The van der Waals surface area contributed by atoms with Gasteiger partial charge in [0.1, 0.15) is 11.8 Å². The Hall–Kier alpha value is -1.55. The second kappa shape index (κ2) is 4.75. The summed E-state index contributed by atoms with van der Waals surface area (Å²) in [7, 11) is 1.63. The van der Waals surface area contributed by atoms with Crippen LogP contribution in [0.5, 0.6) is 5.75 Å². The molecule has 1 aromatic carbocycles. The molecule has 1 saturated heterocycles. The van der Waals surface area contributed by atoms with Crippen LogP contribution in [-0.4, -0.2) is 25.6 Å². The van der Waals surface area contributed by atoms with Gasteiger partial charge in [0.2, 0.25) is 5.91 Å². The van der Waals surface area contributed by atoms with Crippen molar-refractivity contribution in [2.45, 2.75) is 25.9 Å². The van der Waals surface area contributed by atoms with E-state index < -0.39 is 0 Å². The molecular formula is C13H18N2O2. The largest absolute Gasteiger partial charge is 0.496 e. The van der Waals surface area contributed by atoms with Gasteiger partial charge in [-0.1, -0.05) is 18.2 Å². The number of benzene rings is 1. The molecule has 92 valence electrons. The van der Waals surface area contributed by atoms with E-state index in [1.807, 2.05) is 25.1 Å². The second-order valence-corrected chi connectivity index (χ2v) is 4.44. The van der Waals surface area contributed by atoms with Crippen LogP contribution in [0.2, 0.25) is 0 Å². The van der Waals surface area contributed by atoms with Crippen molar-refractivity contribution in [2.24, 2.45) is 0 Å². The van der Waals surface area contributed by atoms with Gasteiger partial charge >= 0.3 is 0 Å². The maximum atomic E-state index is 11.9. The van der Waals surface area contributed by atoms with Crippen LogP contribution in [0.4, 0.5) is 0 Å². The lowest BCUT2D eigenvalue weighted by Crippen LogP contribution is -2.52. The van der Waals surface area contributed by atoms with Crippen molar-refractivity contribution in [3.63, 3.8) is 0 Å². The molecule has 0 bridgehead atoms. The van der Waals surface area contributed by atoms with Crippen molar-refractivity contribution >= 4 is 5.91 Å². The molecule has 1 fully saturated rings. The van der Waals surface area contributed by atoms with Gasteiger partial charge in [0, 0.05) is 18.2 Å². The van der Waals surface area contributed by atoms with E-state index in [2.05, 4.69) is 17.6 Å². The molecule has 17 heavy (non-hydrogen) atoms. The first-order valence-electron chi connectivity index (χ1n) is 5.80. The van der Waals surface area contributed by atoms with Crippen LogP contribution in [0.15, 0.2) is 18.2 Å². The van der Waals surface area contributed by atoms with Crippen LogP contribution >= 0.6 is 0 Å². The molecule has 1 aliphatic rings. The molecule has 0 saturated carbocycles. The third kappa shape index (κ3) is 2.26. The van der Waals surface area contributed by atoms with Gasteiger partial charge in [-0.15, -0.1) is 0 Å². The number of hydrogen-bond acceptors (Lipinski definition) is 3. The van der Waals surface area contributed by atoms with Crippen LogP contribution in [0, 0.1) is 6.92 Å². The van der Waals surface area contributed by atoms with Crippen molar-refractivity contribution in [3.8, 4) is 5.75 Å². The summed E-state index contributed by atoms with van der Waals surface area (Å²) in [6.07, 6.45) is 0. The summed E-state index contributed by atoms with van der Waals surface area (Å²) in [4.78, 5) is 11.9. The lowest BCUT2D eigenvalue weighted by molar-refractivity contribution is -0.125. The highest BCUT2D eigenvalue weighted by Gasteiger charge is 2.29. The Morgan fingerprint density at radius 2 is 2.18 bits per heavy atom. The SMILES string of the molecule is COc1c(C)cccc1C1NC(C)CNC1=O. The number of carbonyl (C=O) groups is 1. The summed E-state index contributed by atoms with van der Waals surface area (Å²) in [5.41, 5.74) is 1.94. The molecule has 1 heterocycles. The average molecular weight is 234 g/mol. The first-order chi connectivity index (χ1) is 8.13. The Bertz CT molecular complexity index is 431. The summed E-state index contributed by atoms with van der Waals surface area (Å²) >= 11 is 0. The minimum Gasteiger partial charge on any atom is -0.496 e. The lowest BCUT2D eigenvalue weighted by Gasteiger charge is -2.30. The Morgan fingerprint density at radius 1 is 1.41 bits per heavy atom. The summed E-state index contributed by atoms with van der Waals surface area (Å²) < 4.78 is 5.39. The van der Waals surface area contributed by atoms with Crippen molar-refractivity contribution in [1.29, 1.82) is 0 Å². The van der Waals surface area contributed by atoms with Crippen LogP contribution in [-0.2, 0) is 4.79 Å². The maximum absolute atomic E-state index is 11.9. The third-order valence-electron chi connectivity index (χ3n) is 3.05. The number of methoxy groups -OCH3 is 1. The number of carbonyl (C=O) groups excluding carboxylic acids is 1. The number of piperazine rings is 1. The van der Waals surface area contributed by atoms with Gasteiger partial charge in [-0.3, -0.25) is 10.1 Å². The Morgan fingerprint density at radius 3 is 2.88 bits per heavy atom. The highest BCUT2D eigenvalue weighted by molar-refractivity contribution is 5.85. The monoisotopic (exact) mass is 234 g/mol. The zero-order chi connectivity index (χ0) is 12.4. The van der Waals surface area contributed by atoms with Crippen LogP contribution < -0.4 is 15.4 Å². The summed E-state index contributed by atoms with van der Waals surface area (Å²) in [5, 5.41) is 6.19. The number of rotatable bonds is 2. The summed E-state index contributed by atoms with van der Waals surface area (Å²) in [6, 6.07) is 5.80. The Labute approximate surface area is 101 Å². The molecule has 1 aliphatic heterocycles. The minimum absolute atomic E-state index is 0.00648. The molecule has 2 unspecified atom stereocenters. The smallest absolute Gasteiger partial charge is 0.241 e. The van der Waals surface area contributed by atoms with Gasteiger partial charge in [0.15, 0.2) is 0 Å². The summed E-state index contributed by atoms with van der Waals surface area (Å²) in [6.45, 7) is 4.70. The van der Waals surface area contributed by atoms with Crippen LogP contribution in [0.1, 0.15) is 24.1 Å². The first-order valence-corrected chi connectivity index (χ1v) is 5.80. The van der Waals surface area contributed by atoms with Crippen molar-refractivity contribution in [3.05, 3.63) is 29.3 Å². The average Bonchev–Trinajstić information content (AvgIpc) is 2.32. The molecule has 2 atom stereocenters. The first kappa shape index (κ1) is 11.9. The van der Waals surface area contributed by atoms with E-state index in [4.69, 9.17) is 4.74 Å². The normalized spacial score (nSPS) is 24.3. The molecule has 2 N–H and O–H groups in total. The Balaban J connectivity index is 2.38. The fourth-order valence-corrected chi connectivity index (χ4v) is 2.19. The molecular weight excluding hydrogens is 216 g/mol.